The van der Waals surface area contributed by atoms with Gasteiger partial charge in [0.1, 0.15) is 0 Å². The lowest BCUT2D eigenvalue weighted by molar-refractivity contribution is 0.0953. The minimum absolute atomic E-state index is 0.179. The molecule has 1 N–H and O–H groups in total. The first-order chi connectivity index (χ1) is 10.4. The molecule has 0 radical (unpaired) electrons. The zero-order valence-electron chi connectivity index (χ0n) is 13.2. The number of benzene rings is 1. The summed E-state index contributed by atoms with van der Waals surface area (Å²) >= 11 is 0. The summed E-state index contributed by atoms with van der Waals surface area (Å²) in [7, 11) is -3.30. The summed E-state index contributed by atoms with van der Waals surface area (Å²) in [6.07, 6.45) is 9.04. The molecule has 0 saturated carbocycles. The molecule has 0 heterocycles. The van der Waals surface area contributed by atoms with E-state index >= 15 is 0 Å². The van der Waals surface area contributed by atoms with Crippen molar-refractivity contribution in [1.29, 1.82) is 0 Å². The van der Waals surface area contributed by atoms with Crippen LogP contribution in [0.4, 0.5) is 0 Å². The van der Waals surface area contributed by atoms with E-state index in [1.54, 1.807) is 6.07 Å². The molecular weight excluding hydrogens is 298 g/mol. The van der Waals surface area contributed by atoms with E-state index in [4.69, 9.17) is 0 Å². The van der Waals surface area contributed by atoms with Crippen LogP contribution < -0.4 is 5.32 Å². The van der Waals surface area contributed by atoms with Gasteiger partial charge >= 0.3 is 0 Å². The minimum Gasteiger partial charge on any atom is -0.352 e. The van der Waals surface area contributed by atoms with E-state index in [-0.39, 0.29) is 10.8 Å². The van der Waals surface area contributed by atoms with Crippen molar-refractivity contribution < 1.29 is 13.2 Å². The molecule has 1 aliphatic carbocycles. The van der Waals surface area contributed by atoms with Gasteiger partial charge in [-0.2, -0.15) is 0 Å². The van der Waals surface area contributed by atoms with Crippen molar-refractivity contribution in [2.45, 2.75) is 43.9 Å². The Morgan fingerprint density at radius 2 is 2.05 bits per heavy atom. The Kier molecular flexibility index (Phi) is 5.40. The highest BCUT2D eigenvalue weighted by Gasteiger charge is 2.14. The first-order valence-electron chi connectivity index (χ1n) is 7.65. The van der Waals surface area contributed by atoms with Crippen LogP contribution in [0.15, 0.2) is 34.7 Å². The van der Waals surface area contributed by atoms with Gasteiger partial charge in [0.25, 0.3) is 5.91 Å². The van der Waals surface area contributed by atoms with Crippen LogP contribution in [0.2, 0.25) is 0 Å². The fraction of sp³-hybridized carbons (Fsp3) is 0.471. The minimum atomic E-state index is -3.30. The molecule has 5 heteroatoms. The maximum Gasteiger partial charge on any atom is 0.251 e. The molecule has 22 heavy (non-hydrogen) atoms. The first kappa shape index (κ1) is 16.7. The third kappa shape index (κ3) is 4.44. The SMILES string of the molecule is Cc1ccc(S(C)(=O)=O)cc1C(=O)NCCC1=CCCCC1. The molecule has 0 fully saturated rings. The van der Waals surface area contributed by atoms with Crippen LogP contribution in [0.5, 0.6) is 0 Å². The van der Waals surface area contributed by atoms with Gasteiger partial charge in [0.2, 0.25) is 0 Å². The van der Waals surface area contributed by atoms with E-state index in [0.717, 1.165) is 31.1 Å². The Labute approximate surface area is 132 Å². The van der Waals surface area contributed by atoms with Gasteiger partial charge in [0.15, 0.2) is 9.84 Å². The second-order valence-electron chi connectivity index (χ2n) is 5.86. The standard InChI is InChI=1S/C17H23NO3S/c1-13-8-9-15(22(2,20)21)12-16(13)17(19)18-11-10-14-6-4-3-5-7-14/h6,8-9,12H,3-5,7,10-11H2,1-2H3,(H,18,19). The number of rotatable bonds is 5. The third-order valence-corrected chi connectivity index (χ3v) is 5.11. The lowest BCUT2D eigenvalue weighted by Gasteiger charge is -2.13. The second-order valence-corrected chi connectivity index (χ2v) is 7.88. The fourth-order valence-electron chi connectivity index (χ4n) is 2.64. The van der Waals surface area contributed by atoms with Gasteiger partial charge in [-0.15, -0.1) is 0 Å². The van der Waals surface area contributed by atoms with Crippen molar-refractivity contribution in [2.24, 2.45) is 0 Å². The van der Waals surface area contributed by atoms with Gasteiger partial charge in [0.05, 0.1) is 4.90 Å². The Hall–Kier alpha value is -1.62. The smallest absolute Gasteiger partial charge is 0.251 e. The summed E-state index contributed by atoms with van der Waals surface area (Å²) in [6, 6.07) is 4.67. The average molecular weight is 321 g/mol. The van der Waals surface area contributed by atoms with Crippen molar-refractivity contribution in [3.63, 3.8) is 0 Å². The summed E-state index contributed by atoms with van der Waals surface area (Å²) < 4.78 is 23.2. The molecule has 0 aliphatic heterocycles. The summed E-state index contributed by atoms with van der Waals surface area (Å²) in [4.78, 5) is 12.4. The zero-order chi connectivity index (χ0) is 16.2. The van der Waals surface area contributed by atoms with E-state index < -0.39 is 9.84 Å². The number of carbonyl (C=O) groups is 1. The van der Waals surface area contributed by atoms with Crippen LogP contribution in [-0.2, 0) is 9.84 Å². The summed E-state index contributed by atoms with van der Waals surface area (Å²) in [5.74, 6) is -0.209. The maximum atomic E-state index is 12.3. The van der Waals surface area contributed by atoms with Crippen LogP contribution in [0.3, 0.4) is 0 Å². The molecule has 0 spiro atoms. The predicted molar refractivity (Wildman–Crippen MR) is 87.8 cm³/mol. The van der Waals surface area contributed by atoms with Crippen LogP contribution in [0.25, 0.3) is 0 Å². The summed E-state index contributed by atoms with van der Waals surface area (Å²) in [5.41, 5.74) is 2.62. The molecule has 0 unspecified atom stereocenters. The van der Waals surface area contributed by atoms with Crippen LogP contribution in [-0.4, -0.2) is 27.1 Å². The highest BCUT2D eigenvalue weighted by molar-refractivity contribution is 7.90. The number of allylic oxidation sites excluding steroid dienone is 1. The monoisotopic (exact) mass is 321 g/mol. The van der Waals surface area contributed by atoms with Crippen LogP contribution in [0, 0.1) is 6.92 Å². The highest BCUT2D eigenvalue weighted by Crippen LogP contribution is 2.20. The van der Waals surface area contributed by atoms with Gasteiger partial charge in [-0.25, -0.2) is 8.42 Å². The van der Waals surface area contributed by atoms with Crippen molar-refractivity contribution in [1.82, 2.24) is 5.32 Å². The number of carbonyl (C=O) groups excluding carboxylic acids is 1. The molecule has 120 valence electrons. The zero-order valence-corrected chi connectivity index (χ0v) is 14.0. The van der Waals surface area contributed by atoms with E-state index in [0.29, 0.717) is 12.1 Å². The topological polar surface area (TPSA) is 63.2 Å². The number of hydrogen-bond donors (Lipinski definition) is 1. The van der Waals surface area contributed by atoms with Crippen molar-refractivity contribution in [2.75, 3.05) is 12.8 Å². The van der Waals surface area contributed by atoms with Gasteiger partial charge in [-0.05, 0) is 56.7 Å². The van der Waals surface area contributed by atoms with Crippen LogP contribution >= 0.6 is 0 Å². The van der Waals surface area contributed by atoms with Gasteiger partial charge < -0.3 is 5.32 Å². The Balaban J connectivity index is 2.01. The van der Waals surface area contributed by atoms with E-state index in [2.05, 4.69) is 11.4 Å². The number of hydrogen-bond acceptors (Lipinski definition) is 3. The molecule has 0 saturated heterocycles. The Bertz CT molecular complexity index is 690. The predicted octanol–water partition coefficient (Wildman–Crippen LogP) is 3.02. The molecular formula is C17H23NO3S. The summed E-state index contributed by atoms with van der Waals surface area (Å²) in [5, 5.41) is 2.89. The number of nitrogens with one attached hydrogen (secondary N) is 1. The first-order valence-corrected chi connectivity index (χ1v) is 9.54. The van der Waals surface area contributed by atoms with E-state index in [9.17, 15) is 13.2 Å². The third-order valence-electron chi connectivity index (χ3n) is 4.00. The molecule has 1 amide bonds. The average Bonchev–Trinajstić information content (AvgIpc) is 2.47. The normalized spacial score (nSPS) is 15.3. The molecule has 0 aromatic heterocycles. The van der Waals surface area contributed by atoms with Gasteiger partial charge in [-0.3, -0.25) is 4.79 Å². The lowest BCUT2D eigenvalue weighted by Crippen LogP contribution is -2.25. The lowest BCUT2D eigenvalue weighted by atomic mass is 9.97. The van der Waals surface area contributed by atoms with E-state index in [1.165, 1.54) is 30.5 Å². The second kappa shape index (κ2) is 7.09. The maximum absolute atomic E-state index is 12.3. The Morgan fingerprint density at radius 1 is 1.27 bits per heavy atom. The molecule has 2 rings (SSSR count). The van der Waals surface area contributed by atoms with Crippen molar-refractivity contribution >= 4 is 15.7 Å². The molecule has 0 bridgehead atoms. The summed E-state index contributed by atoms with van der Waals surface area (Å²) in [6.45, 7) is 2.40. The molecule has 4 nitrogen and oxygen atoms in total. The van der Waals surface area contributed by atoms with Gasteiger partial charge in [0, 0.05) is 18.4 Å². The van der Waals surface area contributed by atoms with Crippen LogP contribution in [0.1, 0.15) is 48.0 Å². The quantitative estimate of drug-likeness (QED) is 0.848. The van der Waals surface area contributed by atoms with Gasteiger partial charge in [-0.1, -0.05) is 17.7 Å². The number of amides is 1. The largest absolute Gasteiger partial charge is 0.352 e. The molecule has 1 aromatic rings. The molecule has 1 aliphatic rings. The van der Waals surface area contributed by atoms with Crippen molar-refractivity contribution in [3.8, 4) is 0 Å². The fourth-order valence-corrected chi connectivity index (χ4v) is 3.29. The number of aryl methyl sites for hydroxylation is 1. The highest BCUT2D eigenvalue weighted by atomic mass is 32.2. The molecule has 0 atom stereocenters. The number of sulfone groups is 1. The van der Waals surface area contributed by atoms with E-state index in [1.807, 2.05) is 6.92 Å². The Morgan fingerprint density at radius 3 is 2.68 bits per heavy atom. The van der Waals surface area contributed by atoms with Crippen molar-refractivity contribution in [3.05, 3.63) is 41.0 Å². The molecule has 1 aromatic carbocycles.